The van der Waals surface area contributed by atoms with Crippen molar-refractivity contribution >= 4 is 5.78 Å². The van der Waals surface area contributed by atoms with Gasteiger partial charge in [0.2, 0.25) is 0 Å². The molecule has 160 valence electrons. The van der Waals surface area contributed by atoms with Crippen LogP contribution in [0.4, 0.5) is 4.39 Å². The second kappa shape index (κ2) is 11.9. The summed E-state index contributed by atoms with van der Waals surface area (Å²) in [6, 6.07) is 15.7. The highest BCUT2D eigenvalue weighted by Crippen LogP contribution is 2.25. The zero-order valence-electron chi connectivity index (χ0n) is 19.3. The van der Waals surface area contributed by atoms with E-state index >= 15 is 0 Å². The van der Waals surface area contributed by atoms with Crippen LogP contribution >= 0.6 is 0 Å². The van der Waals surface area contributed by atoms with Gasteiger partial charge in [0.1, 0.15) is 11.6 Å². The number of halogens is 1. The third-order valence-electron chi connectivity index (χ3n) is 5.12. The fraction of sp³-hybridized carbons (Fsp3) is 0.500. The number of Topliss-reactive ketones (excluding diaryl/α,β-unsaturated/α-hetero) is 1. The van der Waals surface area contributed by atoms with Crippen molar-refractivity contribution in [2.45, 2.75) is 72.3 Å². The molecule has 0 spiro atoms. The topological polar surface area (TPSA) is 20.3 Å². The summed E-state index contributed by atoms with van der Waals surface area (Å²) in [4.78, 5) is 13.2. The molecule has 0 saturated carbocycles. The number of carbonyl (C=O) groups excluding carboxylic acids is 1. The molecule has 2 aromatic rings. The van der Waals surface area contributed by atoms with Crippen LogP contribution < -0.4 is 0 Å². The maximum atomic E-state index is 12.4. The predicted molar refractivity (Wildman–Crippen MR) is 122 cm³/mol. The maximum absolute atomic E-state index is 12.4. The van der Waals surface area contributed by atoms with E-state index in [9.17, 15) is 9.18 Å². The molecule has 2 nitrogen and oxygen atoms in total. The number of unbranched alkanes of at least 4 members (excludes halogenated alkanes) is 1. The van der Waals surface area contributed by atoms with Gasteiger partial charge in [-0.25, -0.2) is 4.39 Å². The van der Waals surface area contributed by atoms with Crippen molar-refractivity contribution in [2.24, 2.45) is 0 Å². The lowest BCUT2D eigenvalue weighted by Gasteiger charge is -2.25. The second-order valence-corrected chi connectivity index (χ2v) is 8.90. The minimum Gasteiger partial charge on any atom is -0.299 e. The van der Waals surface area contributed by atoms with Crippen molar-refractivity contribution in [3.8, 4) is 0 Å². The smallest absolute Gasteiger partial charge is 0.143 e. The SMILES string of the molecule is CC(=O)CN(C)C(C)c1ccc(C(C)(C)C)cc1.CCCCc1ccc(F)cc1. The number of likely N-dealkylation sites (N-methyl/N-ethyl adjacent to an activating group) is 1. The van der Waals surface area contributed by atoms with Gasteiger partial charge in [-0.05, 0) is 68.0 Å². The van der Waals surface area contributed by atoms with Crippen molar-refractivity contribution in [2.75, 3.05) is 13.6 Å². The van der Waals surface area contributed by atoms with Crippen LogP contribution in [-0.2, 0) is 16.6 Å². The summed E-state index contributed by atoms with van der Waals surface area (Å²) in [5.41, 5.74) is 4.01. The van der Waals surface area contributed by atoms with Crippen LogP contribution in [0.15, 0.2) is 48.5 Å². The first-order valence-corrected chi connectivity index (χ1v) is 10.6. The average molecular weight is 400 g/mol. The van der Waals surface area contributed by atoms with Gasteiger partial charge in [-0.2, -0.15) is 0 Å². The highest BCUT2D eigenvalue weighted by molar-refractivity contribution is 5.77. The molecule has 0 amide bonds. The fourth-order valence-electron chi connectivity index (χ4n) is 3.04. The van der Waals surface area contributed by atoms with E-state index in [0.29, 0.717) is 6.54 Å². The number of aryl methyl sites for hydroxylation is 1. The Morgan fingerprint density at radius 1 is 1.03 bits per heavy atom. The highest BCUT2D eigenvalue weighted by Gasteiger charge is 2.16. The largest absolute Gasteiger partial charge is 0.299 e. The number of hydrogen-bond acceptors (Lipinski definition) is 2. The Bertz CT molecular complexity index is 729. The molecule has 0 aromatic heterocycles. The molecule has 2 rings (SSSR count). The molecule has 29 heavy (non-hydrogen) atoms. The van der Waals surface area contributed by atoms with Gasteiger partial charge >= 0.3 is 0 Å². The zero-order valence-corrected chi connectivity index (χ0v) is 19.3. The van der Waals surface area contributed by atoms with Crippen molar-refractivity contribution in [3.63, 3.8) is 0 Å². The molecule has 0 radical (unpaired) electrons. The molecule has 1 atom stereocenters. The van der Waals surface area contributed by atoms with Gasteiger partial charge in [0.25, 0.3) is 0 Å². The predicted octanol–water partition coefficient (Wildman–Crippen LogP) is 6.73. The molecule has 0 aliphatic rings. The van der Waals surface area contributed by atoms with Gasteiger partial charge < -0.3 is 0 Å². The first kappa shape index (κ1) is 25.0. The monoisotopic (exact) mass is 399 g/mol. The highest BCUT2D eigenvalue weighted by atomic mass is 19.1. The summed E-state index contributed by atoms with van der Waals surface area (Å²) < 4.78 is 12.4. The van der Waals surface area contributed by atoms with E-state index < -0.39 is 0 Å². The van der Waals surface area contributed by atoms with Gasteiger partial charge in [0, 0.05) is 6.04 Å². The Labute approximate surface area is 177 Å². The van der Waals surface area contributed by atoms with Crippen molar-refractivity contribution in [3.05, 3.63) is 71.0 Å². The van der Waals surface area contributed by atoms with E-state index in [4.69, 9.17) is 0 Å². The van der Waals surface area contributed by atoms with Crippen LogP contribution in [0, 0.1) is 5.82 Å². The average Bonchev–Trinajstić information content (AvgIpc) is 2.66. The molecule has 0 saturated heterocycles. The molecule has 0 fully saturated rings. The quantitative estimate of drug-likeness (QED) is 0.514. The number of benzene rings is 2. The molecule has 1 unspecified atom stereocenters. The normalized spacial score (nSPS) is 12.3. The Kier molecular flexibility index (Phi) is 10.2. The van der Waals surface area contributed by atoms with Crippen LogP contribution in [0.3, 0.4) is 0 Å². The lowest BCUT2D eigenvalue weighted by Crippen LogP contribution is -2.27. The third kappa shape index (κ3) is 9.36. The number of nitrogens with zero attached hydrogens (tertiary/aromatic N) is 1. The van der Waals surface area contributed by atoms with E-state index in [0.717, 1.165) is 6.42 Å². The number of carbonyl (C=O) groups is 1. The molecule has 2 aromatic carbocycles. The summed E-state index contributed by atoms with van der Waals surface area (Å²) >= 11 is 0. The molecule has 0 bridgehead atoms. The van der Waals surface area contributed by atoms with E-state index in [1.165, 1.54) is 41.7 Å². The molecular weight excluding hydrogens is 361 g/mol. The first-order chi connectivity index (χ1) is 13.5. The van der Waals surface area contributed by atoms with Crippen LogP contribution in [0.25, 0.3) is 0 Å². The van der Waals surface area contributed by atoms with E-state index in [-0.39, 0.29) is 23.1 Å². The summed E-state index contributed by atoms with van der Waals surface area (Å²) in [6.07, 6.45) is 3.44. The number of ketones is 1. The van der Waals surface area contributed by atoms with Gasteiger partial charge in [-0.1, -0.05) is 70.5 Å². The van der Waals surface area contributed by atoms with Crippen LogP contribution in [-0.4, -0.2) is 24.3 Å². The first-order valence-electron chi connectivity index (χ1n) is 10.6. The zero-order chi connectivity index (χ0) is 22.0. The molecular formula is C26H38FNO. The lowest BCUT2D eigenvalue weighted by atomic mass is 9.86. The Hall–Kier alpha value is -2.00. The van der Waals surface area contributed by atoms with Crippen molar-refractivity contribution < 1.29 is 9.18 Å². The Morgan fingerprint density at radius 3 is 2.03 bits per heavy atom. The number of hydrogen-bond donors (Lipinski definition) is 0. The molecule has 0 aliphatic carbocycles. The third-order valence-corrected chi connectivity index (χ3v) is 5.12. The Balaban J connectivity index is 0.000000326. The molecule has 0 heterocycles. The van der Waals surface area contributed by atoms with Gasteiger partial charge in [-0.3, -0.25) is 9.69 Å². The lowest BCUT2D eigenvalue weighted by molar-refractivity contribution is -0.118. The fourth-order valence-corrected chi connectivity index (χ4v) is 3.04. The van der Waals surface area contributed by atoms with E-state index in [1.807, 2.05) is 19.2 Å². The minimum atomic E-state index is -0.148. The summed E-state index contributed by atoms with van der Waals surface area (Å²) in [7, 11) is 1.99. The molecule has 0 aliphatic heterocycles. The molecule has 0 N–H and O–H groups in total. The summed E-state index contributed by atoms with van der Waals surface area (Å²) in [5, 5.41) is 0. The van der Waals surface area contributed by atoms with Gasteiger partial charge in [0.15, 0.2) is 0 Å². The minimum absolute atomic E-state index is 0.148. The van der Waals surface area contributed by atoms with Crippen molar-refractivity contribution in [1.82, 2.24) is 4.90 Å². The standard InChI is InChI=1S/C16H25NO.C10H13F/c1-12(18)11-17(6)13(2)14-7-9-15(10-8-14)16(3,4)5;1-2-3-4-9-5-7-10(11)8-6-9/h7-10,13H,11H2,1-6H3;5-8H,2-4H2,1H3. The van der Waals surface area contributed by atoms with E-state index in [2.05, 4.69) is 63.8 Å². The second-order valence-electron chi connectivity index (χ2n) is 8.90. The van der Waals surface area contributed by atoms with E-state index in [1.54, 1.807) is 6.92 Å². The van der Waals surface area contributed by atoms with Crippen LogP contribution in [0.2, 0.25) is 0 Å². The summed E-state index contributed by atoms with van der Waals surface area (Å²) in [6.45, 7) is 13.1. The molecule has 3 heteroatoms. The Morgan fingerprint density at radius 2 is 1.59 bits per heavy atom. The van der Waals surface area contributed by atoms with Gasteiger partial charge in [-0.15, -0.1) is 0 Å². The van der Waals surface area contributed by atoms with Crippen LogP contribution in [0.5, 0.6) is 0 Å². The van der Waals surface area contributed by atoms with Crippen LogP contribution in [0.1, 0.15) is 77.1 Å². The van der Waals surface area contributed by atoms with Gasteiger partial charge in [0.05, 0.1) is 6.54 Å². The van der Waals surface area contributed by atoms with Crippen molar-refractivity contribution in [1.29, 1.82) is 0 Å². The summed E-state index contributed by atoms with van der Waals surface area (Å²) in [5.74, 6) is 0.0564. The number of rotatable bonds is 7. The maximum Gasteiger partial charge on any atom is 0.143 e.